The van der Waals surface area contributed by atoms with Gasteiger partial charge < -0.3 is 9.84 Å². The Labute approximate surface area is 163 Å². The van der Waals surface area contributed by atoms with Crippen molar-refractivity contribution in [3.05, 3.63) is 58.7 Å². The SMILES string of the molecule is CCCCC1OC(=O)c2cc(N3N=C(c4cc(C)ccc4O)CC3=O)ccc21. The second kappa shape index (κ2) is 7.11. The van der Waals surface area contributed by atoms with E-state index >= 15 is 0 Å². The van der Waals surface area contributed by atoms with Crippen LogP contribution >= 0.6 is 0 Å². The number of hydrogen-bond donors (Lipinski definition) is 1. The zero-order valence-corrected chi connectivity index (χ0v) is 15.9. The zero-order chi connectivity index (χ0) is 19.8. The van der Waals surface area contributed by atoms with Gasteiger partial charge in [0.2, 0.25) is 0 Å². The maximum Gasteiger partial charge on any atom is 0.339 e. The number of hydrogen-bond acceptors (Lipinski definition) is 5. The highest BCUT2D eigenvalue weighted by molar-refractivity contribution is 6.20. The molecule has 2 aliphatic heterocycles. The fourth-order valence-electron chi connectivity index (χ4n) is 3.66. The molecule has 0 spiro atoms. The van der Waals surface area contributed by atoms with Crippen molar-refractivity contribution in [2.45, 2.75) is 45.6 Å². The number of fused-ring (bicyclic) bond motifs is 1. The number of hydrazone groups is 1. The first-order valence-corrected chi connectivity index (χ1v) is 9.53. The van der Waals surface area contributed by atoms with Gasteiger partial charge in [0, 0.05) is 11.1 Å². The van der Waals surface area contributed by atoms with E-state index in [-0.39, 0.29) is 30.2 Å². The average Bonchev–Trinajstić information content (AvgIpc) is 3.22. The van der Waals surface area contributed by atoms with Crippen LogP contribution in [0.25, 0.3) is 0 Å². The summed E-state index contributed by atoms with van der Waals surface area (Å²) in [5, 5.41) is 15.8. The molecule has 0 aliphatic carbocycles. The van der Waals surface area contributed by atoms with Gasteiger partial charge in [-0.3, -0.25) is 4.79 Å². The highest BCUT2D eigenvalue weighted by atomic mass is 16.5. The first-order valence-electron chi connectivity index (χ1n) is 9.53. The first-order chi connectivity index (χ1) is 13.5. The van der Waals surface area contributed by atoms with Gasteiger partial charge in [-0.1, -0.05) is 31.0 Å². The van der Waals surface area contributed by atoms with E-state index in [4.69, 9.17) is 4.74 Å². The molecule has 1 amide bonds. The highest BCUT2D eigenvalue weighted by Crippen LogP contribution is 2.37. The van der Waals surface area contributed by atoms with E-state index in [0.29, 0.717) is 22.5 Å². The number of phenols is 1. The summed E-state index contributed by atoms with van der Waals surface area (Å²) in [6, 6.07) is 10.5. The zero-order valence-electron chi connectivity index (χ0n) is 15.9. The summed E-state index contributed by atoms with van der Waals surface area (Å²) in [4.78, 5) is 24.8. The molecule has 2 aliphatic rings. The molecule has 0 radical (unpaired) electrons. The van der Waals surface area contributed by atoms with E-state index in [9.17, 15) is 14.7 Å². The number of phenolic OH excluding ortho intramolecular Hbond substituents is 1. The number of ether oxygens (including phenoxy) is 1. The van der Waals surface area contributed by atoms with E-state index in [1.807, 2.05) is 19.1 Å². The van der Waals surface area contributed by atoms with E-state index in [1.54, 1.807) is 24.3 Å². The Morgan fingerprint density at radius 3 is 2.79 bits per heavy atom. The molecular weight excluding hydrogens is 356 g/mol. The van der Waals surface area contributed by atoms with Crippen molar-refractivity contribution in [3.63, 3.8) is 0 Å². The summed E-state index contributed by atoms with van der Waals surface area (Å²) in [6.07, 6.45) is 2.70. The topological polar surface area (TPSA) is 79.2 Å². The Bertz CT molecular complexity index is 996. The Kier molecular flexibility index (Phi) is 4.63. The number of benzene rings is 2. The molecule has 0 saturated carbocycles. The van der Waals surface area contributed by atoms with Crippen molar-refractivity contribution >= 4 is 23.3 Å². The molecule has 6 heteroatoms. The number of cyclic esters (lactones) is 1. The van der Waals surface area contributed by atoms with E-state index < -0.39 is 0 Å². The van der Waals surface area contributed by atoms with Crippen LogP contribution in [0.3, 0.4) is 0 Å². The summed E-state index contributed by atoms with van der Waals surface area (Å²) in [6.45, 7) is 4.01. The fourth-order valence-corrected chi connectivity index (χ4v) is 3.66. The highest BCUT2D eigenvalue weighted by Gasteiger charge is 2.33. The lowest BCUT2D eigenvalue weighted by Gasteiger charge is -2.13. The smallest absolute Gasteiger partial charge is 0.339 e. The Balaban J connectivity index is 1.65. The van der Waals surface area contributed by atoms with Gasteiger partial charge in [-0.2, -0.15) is 5.10 Å². The third-order valence-corrected chi connectivity index (χ3v) is 5.16. The molecule has 4 rings (SSSR count). The molecule has 6 nitrogen and oxygen atoms in total. The second-order valence-corrected chi connectivity index (χ2v) is 7.26. The lowest BCUT2D eigenvalue weighted by molar-refractivity contribution is -0.116. The minimum Gasteiger partial charge on any atom is -0.507 e. The number of aromatic hydroxyl groups is 1. The molecule has 1 atom stereocenters. The van der Waals surface area contributed by atoms with Crippen molar-refractivity contribution in [2.24, 2.45) is 5.10 Å². The van der Waals surface area contributed by atoms with Gasteiger partial charge in [0.05, 0.1) is 23.4 Å². The summed E-state index contributed by atoms with van der Waals surface area (Å²) in [5.74, 6) is -0.467. The lowest BCUT2D eigenvalue weighted by atomic mass is 10.0. The number of aryl methyl sites for hydroxylation is 1. The average molecular weight is 378 g/mol. The largest absolute Gasteiger partial charge is 0.507 e. The van der Waals surface area contributed by atoms with Gasteiger partial charge in [0.1, 0.15) is 11.9 Å². The molecule has 0 aromatic heterocycles. The molecule has 0 saturated heterocycles. The number of carbonyl (C=O) groups excluding carboxylic acids is 2. The van der Waals surface area contributed by atoms with Crippen LogP contribution in [0.4, 0.5) is 5.69 Å². The van der Waals surface area contributed by atoms with Crippen LogP contribution in [0.15, 0.2) is 41.5 Å². The second-order valence-electron chi connectivity index (χ2n) is 7.26. The molecule has 1 unspecified atom stereocenters. The molecule has 2 aromatic carbocycles. The number of amides is 1. The maximum absolute atomic E-state index is 12.6. The third kappa shape index (κ3) is 3.15. The van der Waals surface area contributed by atoms with Crippen LogP contribution < -0.4 is 5.01 Å². The Morgan fingerprint density at radius 1 is 1.18 bits per heavy atom. The van der Waals surface area contributed by atoms with Crippen LogP contribution in [0.2, 0.25) is 0 Å². The van der Waals surface area contributed by atoms with Crippen LogP contribution in [0.1, 0.15) is 65.8 Å². The van der Waals surface area contributed by atoms with Gasteiger partial charge >= 0.3 is 5.97 Å². The predicted molar refractivity (Wildman–Crippen MR) is 106 cm³/mol. The van der Waals surface area contributed by atoms with Gasteiger partial charge in [0.25, 0.3) is 5.91 Å². The molecule has 144 valence electrons. The summed E-state index contributed by atoms with van der Waals surface area (Å²) in [5.41, 5.74) is 3.92. The third-order valence-electron chi connectivity index (χ3n) is 5.16. The molecule has 1 N–H and O–H groups in total. The maximum atomic E-state index is 12.6. The van der Waals surface area contributed by atoms with Crippen molar-refractivity contribution in [3.8, 4) is 5.75 Å². The molecule has 28 heavy (non-hydrogen) atoms. The standard InChI is InChI=1S/C22H22N2O4/c1-3-4-5-20-15-8-7-14(11-16(15)22(27)28-20)24-21(26)12-18(23-24)17-10-13(2)6-9-19(17)25/h6-11,20,25H,3-5,12H2,1-2H3. The number of esters is 1. The summed E-state index contributed by atoms with van der Waals surface area (Å²) < 4.78 is 5.49. The van der Waals surface area contributed by atoms with Crippen molar-refractivity contribution in [1.29, 1.82) is 0 Å². The number of nitrogens with zero attached hydrogens (tertiary/aromatic N) is 2. The Hall–Kier alpha value is -3.15. The fraction of sp³-hybridized carbons (Fsp3) is 0.318. The predicted octanol–water partition coefficient (Wildman–Crippen LogP) is 4.24. The van der Waals surface area contributed by atoms with E-state index in [2.05, 4.69) is 12.0 Å². The van der Waals surface area contributed by atoms with Crippen LogP contribution in [0.5, 0.6) is 5.75 Å². The number of carbonyl (C=O) groups is 2. The minimum absolute atomic E-state index is 0.0929. The monoisotopic (exact) mass is 378 g/mol. The normalized spacial score (nSPS) is 18.3. The van der Waals surface area contributed by atoms with Gasteiger partial charge in [0.15, 0.2) is 0 Å². The summed E-state index contributed by atoms with van der Waals surface area (Å²) >= 11 is 0. The van der Waals surface area contributed by atoms with Crippen molar-refractivity contribution in [2.75, 3.05) is 5.01 Å². The van der Waals surface area contributed by atoms with Gasteiger partial charge in [-0.05, 0) is 44.0 Å². The van der Waals surface area contributed by atoms with E-state index in [1.165, 1.54) is 5.01 Å². The molecule has 0 bridgehead atoms. The first kappa shape index (κ1) is 18.2. The van der Waals surface area contributed by atoms with Gasteiger partial charge in [-0.25, -0.2) is 9.80 Å². The quantitative estimate of drug-likeness (QED) is 0.789. The molecule has 2 heterocycles. The summed E-state index contributed by atoms with van der Waals surface area (Å²) in [7, 11) is 0. The van der Waals surface area contributed by atoms with E-state index in [0.717, 1.165) is 30.4 Å². The van der Waals surface area contributed by atoms with Crippen molar-refractivity contribution < 1.29 is 19.4 Å². The number of anilines is 1. The number of unbranched alkanes of at least 4 members (excludes halogenated alkanes) is 1. The van der Waals surface area contributed by atoms with Crippen LogP contribution in [0, 0.1) is 6.92 Å². The lowest BCUT2D eigenvalue weighted by Crippen LogP contribution is -2.19. The minimum atomic E-state index is -0.356. The number of rotatable bonds is 5. The Morgan fingerprint density at radius 2 is 2.00 bits per heavy atom. The van der Waals surface area contributed by atoms with Crippen molar-refractivity contribution in [1.82, 2.24) is 0 Å². The molecular formula is C22H22N2O4. The van der Waals surface area contributed by atoms with Crippen LogP contribution in [-0.4, -0.2) is 22.7 Å². The molecule has 0 fully saturated rings. The van der Waals surface area contributed by atoms with Gasteiger partial charge in [-0.15, -0.1) is 0 Å². The van der Waals surface area contributed by atoms with Crippen LogP contribution in [-0.2, 0) is 9.53 Å². The molecule has 2 aromatic rings.